The van der Waals surface area contributed by atoms with Crippen molar-refractivity contribution >= 4 is 16.8 Å². The van der Waals surface area contributed by atoms with E-state index < -0.39 is 11.2 Å². The van der Waals surface area contributed by atoms with Crippen LogP contribution in [0.3, 0.4) is 0 Å². The number of benzene rings is 2. The van der Waals surface area contributed by atoms with Crippen molar-refractivity contribution in [2.45, 2.75) is 20.0 Å². The molecule has 1 N–H and O–H groups in total. The van der Waals surface area contributed by atoms with Gasteiger partial charge in [0.1, 0.15) is 12.3 Å². The molecule has 3 rings (SSSR count). The number of para-hydroxylation sites is 1. The van der Waals surface area contributed by atoms with Crippen LogP contribution in [0.15, 0.2) is 52.1 Å². The number of methoxy groups -OCH3 is 1. The number of rotatable bonds is 5. The molecule has 2 aromatic carbocycles. The summed E-state index contributed by atoms with van der Waals surface area (Å²) in [6.07, 6.45) is 0. The Hall–Kier alpha value is -3.35. The topological polar surface area (TPSA) is 84.4 Å². The number of aromatic nitrogens is 2. The number of likely N-dealkylation sites (N-methyl/N-ethyl adjacent to an activating group) is 1. The SMILES string of the molecule is COc1ccc(C)cc1CN(C)C(=O)Cn1c(=O)[nH]c(=O)c2ccccc21. The number of fused-ring (bicyclic) bond motifs is 1. The Labute approximate surface area is 155 Å². The van der Waals surface area contributed by atoms with E-state index in [2.05, 4.69) is 4.98 Å². The first-order valence-corrected chi connectivity index (χ1v) is 8.50. The van der Waals surface area contributed by atoms with Gasteiger partial charge >= 0.3 is 5.69 Å². The standard InChI is InChI=1S/C20H21N3O4/c1-13-8-9-17(27-3)14(10-13)11-22(2)18(24)12-23-16-7-5-4-6-15(16)19(25)21-20(23)26/h4-10H,11-12H2,1-3H3,(H,21,25,26). The van der Waals surface area contributed by atoms with Crippen molar-refractivity contribution in [2.75, 3.05) is 14.2 Å². The second kappa shape index (κ2) is 7.49. The Bertz CT molecular complexity index is 1110. The van der Waals surface area contributed by atoms with E-state index in [0.29, 0.717) is 23.2 Å². The molecular weight excluding hydrogens is 346 g/mol. The molecule has 1 heterocycles. The zero-order chi connectivity index (χ0) is 19.6. The number of H-pyrrole nitrogens is 1. The number of aromatic amines is 1. The van der Waals surface area contributed by atoms with E-state index >= 15 is 0 Å². The fourth-order valence-corrected chi connectivity index (χ4v) is 3.03. The molecule has 0 fully saturated rings. The zero-order valence-electron chi connectivity index (χ0n) is 15.5. The lowest BCUT2D eigenvalue weighted by Crippen LogP contribution is -2.37. The van der Waals surface area contributed by atoms with Crippen LogP contribution in [0.1, 0.15) is 11.1 Å². The molecule has 0 unspecified atom stereocenters. The molecule has 3 aromatic rings. The van der Waals surface area contributed by atoms with Gasteiger partial charge in [-0.05, 0) is 25.1 Å². The fraction of sp³-hybridized carbons (Fsp3) is 0.250. The number of carbonyl (C=O) groups is 1. The molecule has 27 heavy (non-hydrogen) atoms. The maximum Gasteiger partial charge on any atom is 0.329 e. The van der Waals surface area contributed by atoms with E-state index in [9.17, 15) is 14.4 Å². The molecule has 0 aliphatic rings. The number of nitrogens with zero attached hydrogens (tertiary/aromatic N) is 2. The van der Waals surface area contributed by atoms with Gasteiger partial charge in [0, 0.05) is 19.2 Å². The largest absolute Gasteiger partial charge is 0.496 e. The first-order chi connectivity index (χ1) is 12.9. The minimum absolute atomic E-state index is 0.166. The van der Waals surface area contributed by atoms with Gasteiger partial charge in [0.2, 0.25) is 5.91 Å². The summed E-state index contributed by atoms with van der Waals surface area (Å²) in [5, 5.41) is 0.368. The minimum Gasteiger partial charge on any atom is -0.496 e. The average Bonchev–Trinajstić information content (AvgIpc) is 2.65. The summed E-state index contributed by atoms with van der Waals surface area (Å²) in [4.78, 5) is 40.7. The maximum atomic E-state index is 12.7. The van der Waals surface area contributed by atoms with Gasteiger partial charge in [-0.25, -0.2) is 4.79 Å². The van der Waals surface area contributed by atoms with Crippen molar-refractivity contribution in [1.29, 1.82) is 0 Å². The highest BCUT2D eigenvalue weighted by Crippen LogP contribution is 2.21. The summed E-state index contributed by atoms with van der Waals surface area (Å²) in [5.41, 5.74) is 1.31. The van der Waals surface area contributed by atoms with E-state index in [1.807, 2.05) is 25.1 Å². The molecule has 1 amide bonds. The molecule has 7 nitrogen and oxygen atoms in total. The Morgan fingerprint density at radius 2 is 1.93 bits per heavy atom. The lowest BCUT2D eigenvalue weighted by atomic mass is 10.1. The van der Waals surface area contributed by atoms with E-state index in [1.54, 1.807) is 38.4 Å². The number of nitrogens with one attached hydrogen (secondary N) is 1. The van der Waals surface area contributed by atoms with Gasteiger partial charge in [-0.1, -0.05) is 29.8 Å². The van der Waals surface area contributed by atoms with Crippen molar-refractivity contribution < 1.29 is 9.53 Å². The van der Waals surface area contributed by atoms with Crippen molar-refractivity contribution in [3.63, 3.8) is 0 Å². The Kier molecular flexibility index (Phi) is 5.12. The van der Waals surface area contributed by atoms with Gasteiger partial charge in [-0.3, -0.25) is 19.1 Å². The van der Waals surface area contributed by atoms with Crippen LogP contribution in [-0.4, -0.2) is 34.5 Å². The van der Waals surface area contributed by atoms with Gasteiger partial charge < -0.3 is 9.64 Å². The van der Waals surface area contributed by atoms with Crippen molar-refractivity contribution in [2.24, 2.45) is 0 Å². The summed E-state index contributed by atoms with van der Waals surface area (Å²) >= 11 is 0. The van der Waals surface area contributed by atoms with Gasteiger partial charge in [-0.15, -0.1) is 0 Å². The number of hydrogen-bond acceptors (Lipinski definition) is 4. The van der Waals surface area contributed by atoms with Crippen LogP contribution in [0.5, 0.6) is 5.75 Å². The lowest BCUT2D eigenvalue weighted by molar-refractivity contribution is -0.131. The third-order valence-electron chi connectivity index (χ3n) is 4.47. The van der Waals surface area contributed by atoms with Crippen molar-refractivity contribution in [3.8, 4) is 5.75 Å². The van der Waals surface area contributed by atoms with Crippen LogP contribution in [0.25, 0.3) is 10.9 Å². The molecule has 0 radical (unpaired) electrons. The van der Waals surface area contributed by atoms with Gasteiger partial charge in [0.15, 0.2) is 0 Å². The molecule has 0 saturated heterocycles. The number of carbonyl (C=O) groups excluding carboxylic acids is 1. The molecule has 140 valence electrons. The number of hydrogen-bond donors (Lipinski definition) is 1. The summed E-state index contributed by atoms with van der Waals surface area (Å²) in [5.74, 6) is 0.449. The first-order valence-electron chi connectivity index (χ1n) is 8.50. The number of aryl methyl sites for hydroxylation is 1. The highest BCUT2D eigenvalue weighted by atomic mass is 16.5. The van der Waals surface area contributed by atoms with Gasteiger partial charge in [0.25, 0.3) is 5.56 Å². The maximum absolute atomic E-state index is 12.7. The van der Waals surface area contributed by atoms with E-state index in [4.69, 9.17) is 4.74 Å². The predicted octanol–water partition coefficient (Wildman–Crippen LogP) is 1.67. The zero-order valence-corrected chi connectivity index (χ0v) is 15.5. The monoisotopic (exact) mass is 367 g/mol. The van der Waals surface area contributed by atoms with Crippen LogP contribution in [0.4, 0.5) is 0 Å². The first kappa shape index (κ1) is 18.4. The third kappa shape index (κ3) is 3.76. The Balaban J connectivity index is 1.88. The Morgan fingerprint density at radius 1 is 1.19 bits per heavy atom. The normalized spacial score (nSPS) is 10.8. The minimum atomic E-state index is -0.603. The summed E-state index contributed by atoms with van der Waals surface area (Å²) in [7, 11) is 3.25. The molecule has 0 atom stereocenters. The lowest BCUT2D eigenvalue weighted by Gasteiger charge is -2.20. The molecule has 0 saturated carbocycles. The van der Waals surface area contributed by atoms with Crippen LogP contribution >= 0.6 is 0 Å². The summed E-state index contributed by atoms with van der Waals surface area (Å²) < 4.78 is 6.64. The van der Waals surface area contributed by atoms with Crippen LogP contribution in [0.2, 0.25) is 0 Å². The number of ether oxygens (including phenoxy) is 1. The predicted molar refractivity (Wildman–Crippen MR) is 103 cm³/mol. The van der Waals surface area contributed by atoms with Crippen LogP contribution in [0, 0.1) is 6.92 Å². The Morgan fingerprint density at radius 3 is 2.67 bits per heavy atom. The summed E-state index contributed by atoms with van der Waals surface area (Å²) in [6, 6.07) is 12.5. The number of amides is 1. The molecule has 0 aliphatic carbocycles. The van der Waals surface area contributed by atoms with E-state index in [1.165, 1.54) is 9.47 Å². The fourth-order valence-electron chi connectivity index (χ4n) is 3.03. The smallest absolute Gasteiger partial charge is 0.329 e. The average molecular weight is 367 g/mol. The highest BCUT2D eigenvalue weighted by Gasteiger charge is 2.16. The highest BCUT2D eigenvalue weighted by molar-refractivity contribution is 5.81. The second-order valence-corrected chi connectivity index (χ2v) is 6.43. The van der Waals surface area contributed by atoms with Crippen molar-refractivity contribution in [3.05, 3.63) is 74.4 Å². The third-order valence-corrected chi connectivity index (χ3v) is 4.47. The molecule has 0 spiro atoms. The van der Waals surface area contributed by atoms with Crippen molar-refractivity contribution in [1.82, 2.24) is 14.5 Å². The molecule has 1 aromatic heterocycles. The van der Waals surface area contributed by atoms with Crippen LogP contribution in [-0.2, 0) is 17.9 Å². The van der Waals surface area contributed by atoms with Gasteiger partial charge in [-0.2, -0.15) is 0 Å². The molecule has 7 heteroatoms. The van der Waals surface area contributed by atoms with E-state index in [-0.39, 0.29) is 12.5 Å². The van der Waals surface area contributed by atoms with Crippen LogP contribution < -0.4 is 16.0 Å². The molecule has 0 aliphatic heterocycles. The quantitative estimate of drug-likeness (QED) is 0.743. The molecular formula is C20H21N3O4. The molecule has 0 bridgehead atoms. The van der Waals surface area contributed by atoms with Gasteiger partial charge in [0.05, 0.1) is 18.0 Å². The van der Waals surface area contributed by atoms with E-state index in [0.717, 1.165) is 11.1 Å². The second-order valence-electron chi connectivity index (χ2n) is 6.43. The summed E-state index contributed by atoms with van der Waals surface area (Å²) in [6.45, 7) is 2.15.